The third-order valence-electron chi connectivity index (χ3n) is 3.91. The Morgan fingerprint density at radius 1 is 1.43 bits per heavy atom. The Morgan fingerprint density at radius 3 is 2.76 bits per heavy atom. The summed E-state index contributed by atoms with van der Waals surface area (Å²) in [6.07, 6.45) is 1.39. The highest BCUT2D eigenvalue weighted by Crippen LogP contribution is 2.29. The van der Waals surface area contributed by atoms with E-state index >= 15 is 0 Å². The van der Waals surface area contributed by atoms with Gasteiger partial charge in [0.2, 0.25) is 0 Å². The molecular formula is C16H30N4O. The molecule has 1 aromatic rings. The first-order valence-corrected chi connectivity index (χ1v) is 8.00. The predicted octanol–water partition coefficient (Wildman–Crippen LogP) is 2.23. The molecule has 1 saturated heterocycles. The molecule has 5 nitrogen and oxygen atoms in total. The van der Waals surface area contributed by atoms with E-state index in [0.717, 1.165) is 38.3 Å². The second kappa shape index (κ2) is 6.36. The van der Waals surface area contributed by atoms with E-state index in [1.54, 1.807) is 0 Å². The van der Waals surface area contributed by atoms with Crippen molar-refractivity contribution in [2.75, 3.05) is 24.5 Å². The molecule has 1 aromatic heterocycles. The van der Waals surface area contributed by atoms with Crippen LogP contribution in [0.4, 0.5) is 5.82 Å². The number of hydrogen-bond acceptors (Lipinski definition) is 4. The molecule has 21 heavy (non-hydrogen) atoms. The average Bonchev–Trinajstić information content (AvgIpc) is 2.62. The van der Waals surface area contributed by atoms with Crippen LogP contribution in [0.2, 0.25) is 0 Å². The minimum atomic E-state index is -0.121. The van der Waals surface area contributed by atoms with E-state index in [4.69, 9.17) is 4.74 Å². The third kappa shape index (κ3) is 3.77. The van der Waals surface area contributed by atoms with Gasteiger partial charge in [-0.1, -0.05) is 6.92 Å². The highest BCUT2D eigenvalue weighted by molar-refractivity contribution is 5.51. The first kappa shape index (κ1) is 16.3. The fourth-order valence-corrected chi connectivity index (χ4v) is 3.30. The lowest BCUT2D eigenvalue weighted by molar-refractivity contribution is -0.0753. The van der Waals surface area contributed by atoms with Gasteiger partial charge in [0.05, 0.1) is 17.4 Å². The van der Waals surface area contributed by atoms with Crippen LogP contribution in [0.15, 0.2) is 0 Å². The van der Waals surface area contributed by atoms with Gasteiger partial charge in [-0.25, -0.2) is 0 Å². The standard InChI is InChI=1S/C16H30N4O/c1-7-8-17-9-14-13(3)18-19(6)15(14)20-10-12(2)21-16(4,5)11-20/h12,17H,7-11H2,1-6H3. The van der Waals surface area contributed by atoms with E-state index in [2.05, 4.69) is 49.9 Å². The monoisotopic (exact) mass is 294 g/mol. The van der Waals surface area contributed by atoms with Gasteiger partial charge >= 0.3 is 0 Å². The number of aromatic nitrogens is 2. The maximum Gasteiger partial charge on any atom is 0.131 e. The smallest absolute Gasteiger partial charge is 0.131 e. The lowest BCUT2D eigenvalue weighted by atomic mass is 10.0. The molecule has 120 valence electrons. The molecule has 0 saturated carbocycles. The number of anilines is 1. The van der Waals surface area contributed by atoms with Crippen LogP contribution in [-0.4, -0.2) is 41.1 Å². The minimum absolute atomic E-state index is 0.121. The maximum absolute atomic E-state index is 6.02. The number of morpholine rings is 1. The fourth-order valence-electron chi connectivity index (χ4n) is 3.30. The van der Waals surface area contributed by atoms with Gasteiger partial charge in [0, 0.05) is 32.2 Å². The summed E-state index contributed by atoms with van der Waals surface area (Å²) in [5.41, 5.74) is 2.31. The topological polar surface area (TPSA) is 42.3 Å². The Bertz CT molecular complexity index is 481. The molecule has 2 rings (SSSR count). The summed E-state index contributed by atoms with van der Waals surface area (Å²) in [4.78, 5) is 2.43. The van der Waals surface area contributed by atoms with Crippen LogP contribution >= 0.6 is 0 Å². The summed E-state index contributed by atoms with van der Waals surface area (Å²) in [6, 6.07) is 0. The van der Waals surface area contributed by atoms with Crippen molar-refractivity contribution in [2.45, 2.75) is 59.3 Å². The van der Waals surface area contributed by atoms with E-state index in [1.807, 2.05) is 11.7 Å². The molecule has 1 aliphatic rings. The number of nitrogens with zero attached hydrogens (tertiary/aromatic N) is 3. The Labute approximate surface area is 128 Å². The van der Waals surface area contributed by atoms with E-state index in [9.17, 15) is 0 Å². The Balaban J connectivity index is 2.25. The van der Waals surface area contributed by atoms with Gasteiger partial charge in [-0.15, -0.1) is 0 Å². The molecular weight excluding hydrogens is 264 g/mol. The van der Waals surface area contributed by atoms with Gasteiger partial charge in [0.25, 0.3) is 0 Å². The zero-order valence-corrected chi connectivity index (χ0v) is 14.4. The summed E-state index contributed by atoms with van der Waals surface area (Å²) >= 11 is 0. The molecule has 1 N–H and O–H groups in total. The lowest BCUT2D eigenvalue weighted by Crippen LogP contribution is -2.52. The van der Waals surface area contributed by atoms with Crippen molar-refractivity contribution in [1.29, 1.82) is 0 Å². The Kier molecular flexibility index (Phi) is 4.94. The summed E-state index contributed by atoms with van der Waals surface area (Å²) in [7, 11) is 2.04. The van der Waals surface area contributed by atoms with Crippen LogP contribution < -0.4 is 10.2 Å². The van der Waals surface area contributed by atoms with Gasteiger partial charge < -0.3 is 15.0 Å². The molecule has 0 amide bonds. The van der Waals surface area contributed by atoms with Crippen molar-refractivity contribution in [3.63, 3.8) is 0 Å². The van der Waals surface area contributed by atoms with Crippen LogP contribution in [-0.2, 0) is 18.3 Å². The van der Waals surface area contributed by atoms with E-state index < -0.39 is 0 Å². The van der Waals surface area contributed by atoms with Gasteiger partial charge in [-0.3, -0.25) is 4.68 Å². The van der Waals surface area contributed by atoms with Crippen LogP contribution in [0.3, 0.4) is 0 Å². The van der Waals surface area contributed by atoms with Gasteiger partial charge in [0.15, 0.2) is 0 Å². The maximum atomic E-state index is 6.02. The van der Waals surface area contributed by atoms with Crippen molar-refractivity contribution < 1.29 is 4.74 Å². The molecule has 1 unspecified atom stereocenters. The molecule has 1 fully saturated rings. The second-order valence-corrected chi connectivity index (χ2v) is 6.76. The molecule has 0 spiro atoms. The molecule has 0 bridgehead atoms. The van der Waals surface area contributed by atoms with Crippen LogP contribution in [0.5, 0.6) is 0 Å². The van der Waals surface area contributed by atoms with E-state index in [1.165, 1.54) is 11.4 Å². The van der Waals surface area contributed by atoms with Crippen molar-refractivity contribution >= 4 is 5.82 Å². The highest BCUT2D eigenvalue weighted by Gasteiger charge is 2.33. The number of hydrogen-bond donors (Lipinski definition) is 1. The first-order chi connectivity index (χ1) is 9.84. The fraction of sp³-hybridized carbons (Fsp3) is 0.812. The van der Waals surface area contributed by atoms with Crippen LogP contribution in [0.1, 0.15) is 45.4 Å². The first-order valence-electron chi connectivity index (χ1n) is 8.00. The van der Waals surface area contributed by atoms with Crippen LogP contribution in [0, 0.1) is 6.92 Å². The van der Waals surface area contributed by atoms with E-state index in [0.29, 0.717) is 0 Å². The van der Waals surface area contributed by atoms with Gasteiger partial charge in [0.1, 0.15) is 5.82 Å². The lowest BCUT2D eigenvalue weighted by Gasteiger charge is -2.43. The largest absolute Gasteiger partial charge is 0.369 e. The molecule has 0 radical (unpaired) electrons. The zero-order chi connectivity index (χ0) is 15.6. The zero-order valence-electron chi connectivity index (χ0n) is 14.4. The molecule has 0 aliphatic carbocycles. The number of aryl methyl sites for hydroxylation is 2. The molecule has 5 heteroatoms. The predicted molar refractivity (Wildman–Crippen MR) is 86.8 cm³/mol. The molecule has 1 aliphatic heterocycles. The van der Waals surface area contributed by atoms with Gasteiger partial charge in [-0.2, -0.15) is 5.10 Å². The van der Waals surface area contributed by atoms with E-state index in [-0.39, 0.29) is 11.7 Å². The average molecular weight is 294 g/mol. The summed E-state index contributed by atoms with van der Waals surface area (Å²) in [5, 5.41) is 8.14. The molecule has 2 heterocycles. The summed E-state index contributed by atoms with van der Waals surface area (Å²) in [5.74, 6) is 1.24. The van der Waals surface area contributed by atoms with Crippen LogP contribution in [0.25, 0.3) is 0 Å². The molecule has 0 aromatic carbocycles. The number of ether oxygens (including phenoxy) is 1. The van der Waals surface area contributed by atoms with Gasteiger partial charge in [-0.05, 0) is 40.7 Å². The van der Waals surface area contributed by atoms with Crippen molar-refractivity contribution in [1.82, 2.24) is 15.1 Å². The Hall–Kier alpha value is -1.07. The quantitative estimate of drug-likeness (QED) is 0.846. The SMILES string of the molecule is CCCNCc1c(C)nn(C)c1N1CC(C)OC(C)(C)C1. The van der Waals surface area contributed by atoms with Crippen molar-refractivity contribution in [3.05, 3.63) is 11.3 Å². The summed E-state index contributed by atoms with van der Waals surface area (Å²) < 4.78 is 8.04. The Morgan fingerprint density at radius 2 is 2.14 bits per heavy atom. The van der Waals surface area contributed by atoms with Crippen molar-refractivity contribution in [2.24, 2.45) is 7.05 Å². The minimum Gasteiger partial charge on any atom is -0.369 e. The number of rotatable bonds is 5. The number of nitrogens with one attached hydrogen (secondary N) is 1. The second-order valence-electron chi connectivity index (χ2n) is 6.76. The molecule has 1 atom stereocenters. The normalized spacial score (nSPS) is 21.8. The third-order valence-corrected chi connectivity index (χ3v) is 3.91. The summed E-state index contributed by atoms with van der Waals surface area (Å²) in [6.45, 7) is 14.5. The highest BCUT2D eigenvalue weighted by atomic mass is 16.5. The van der Waals surface area contributed by atoms with Crippen molar-refractivity contribution in [3.8, 4) is 0 Å².